The highest BCUT2D eigenvalue weighted by Crippen LogP contribution is 2.20. The van der Waals surface area contributed by atoms with Gasteiger partial charge in [0.1, 0.15) is 0 Å². The molecule has 0 fully saturated rings. The molecular formula is C9H11ClO4S2. The van der Waals surface area contributed by atoms with Crippen LogP contribution >= 0.6 is 11.6 Å². The van der Waals surface area contributed by atoms with Crippen molar-refractivity contribution in [3.8, 4) is 0 Å². The minimum atomic E-state index is -3.44. The first-order valence-electron chi connectivity index (χ1n) is 4.24. The Balaban J connectivity index is 3.58. The van der Waals surface area contributed by atoms with E-state index in [0.29, 0.717) is 5.56 Å². The summed E-state index contributed by atoms with van der Waals surface area (Å²) in [7, 11) is -6.88. The SMILES string of the molecule is CS(=O)(=O)c1cc(CCl)cc(S(C)(=O)=O)c1. The lowest BCUT2D eigenvalue weighted by molar-refractivity contribution is 0.600. The van der Waals surface area contributed by atoms with E-state index in [1.807, 2.05) is 0 Å². The van der Waals surface area contributed by atoms with Gasteiger partial charge >= 0.3 is 0 Å². The van der Waals surface area contributed by atoms with Gasteiger partial charge in [-0.05, 0) is 23.8 Å². The van der Waals surface area contributed by atoms with Crippen molar-refractivity contribution < 1.29 is 16.8 Å². The molecule has 0 heterocycles. The molecule has 0 unspecified atom stereocenters. The fraction of sp³-hybridized carbons (Fsp3) is 0.333. The van der Waals surface area contributed by atoms with Crippen molar-refractivity contribution in [2.24, 2.45) is 0 Å². The molecule has 0 aromatic heterocycles. The maximum Gasteiger partial charge on any atom is 0.175 e. The molecule has 0 saturated heterocycles. The summed E-state index contributed by atoms with van der Waals surface area (Å²) in [5.74, 6) is 0.0614. The molecule has 1 rings (SSSR count). The monoisotopic (exact) mass is 282 g/mol. The molecule has 0 aliphatic heterocycles. The summed E-state index contributed by atoms with van der Waals surface area (Å²) in [6.07, 6.45) is 2.04. The van der Waals surface area contributed by atoms with Crippen molar-refractivity contribution in [2.75, 3.05) is 12.5 Å². The van der Waals surface area contributed by atoms with Crippen LogP contribution in [0.5, 0.6) is 0 Å². The minimum Gasteiger partial charge on any atom is -0.224 e. The second-order valence-electron chi connectivity index (χ2n) is 3.49. The van der Waals surface area contributed by atoms with Crippen molar-refractivity contribution in [1.29, 1.82) is 0 Å². The van der Waals surface area contributed by atoms with Gasteiger partial charge in [-0.25, -0.2) is 16.8 Å². The third kappa shape index (κ3) is 3.20. The van der Waals surface area contributed by atoms with Crippen LogP contribution in [0.25, 0.3) is 0 Å². The first kappa shape index (κ1) is 13.5. The predicted octanol–water partition coefficient (Wildman–Crippen LogP) is 1.23. The highest BCUT2D eigenvalue weighted by atomic mass is 35.5. The quantitative estimate of drug-likeness (QED) is 0.782. The van der Waals surface area contributed by atoms with E-state index in [4.69, 9.17) is 11.6 Å². The van der Waals surface area contributed by atoms with E-state index < -0.39 is 19.7 Å². The van der Waals surface area contributed by atoms with Crippen molar-refractivity contribution in [1.82, 2.24) is 0 Å². The van der Waals surface area contributed by atoms with Gasteiger partial charge in [0.25, 0.3) is 0 Å². The number of alkyl halides is 1. The van der Waals surface area contributed by atoms with Gasteiger partial charge in [0, 0.05) is 18.4 Å². The van der Waals surface area contributed by atoms with Crippen LogP contribution in [0.1, 0.15) is 5.56 Å². The Kier molecular flexibility index (Phi) is 3.66. The largest absolute Gasteiger partial charge is 0.224 e. The standard InChI is InChI=1S/C9H11ClO4S2/c1-15(11,12)8-3-7(6-10)4-9(5-8)16(2,13)14/h3-5H,6H2,1-2H3. The van der Waals surface area contributed by atoms with Crippen LogP contribution in [0.3, 0.4) is 0 Å². The fourth-order valence-electron chi connectivity index (χ4n) is 1.14. The maximum absolute atomic E-state index is 11.3. The molecule has 0 bridgehead atoms. The number of halogens is 1. The zero-order valence-electron chi connectivity index (χ0n) is 8.77. The van der Waals surface area contributed by atoms with Crippen molar-refractivity contribution in [2.45, 2.75) is 15.7 Å². The molecular weight excluding hydrogens is 272 g/mol. The van der Waals surface area contributed by atoms with Crippen molar-refractivity contribution in [3.63, 3.8) is 0 Å². The van der Waals surface area contributed by atoms with E-state index in [2.05, 4.69) is 0 Å². The smallest absolute Gasteiger partial charge is 0.175 e. The molecule has 7 heteroatoms. The summed E-state index contributed by atoms with van der Waals surface area (Å²) in [6.45, 7) is 0. The lowest BCUT2D eigenvalue weighted by atomic mass is 10.2. The molecule has 1 aromatic rings. The zero-order valence-corrected chi connectivity index (χ0v) is 11.2. The van der Waals surface area contributed by atoms with E-state index in [9.17, 15) is 16.8 Å². The fourth-order valence-corrected chi connectivity index (χ4v) is 2.78. The Labute approximate surface area is 100 Å². The number of sulfone groups is 2. The molecule has 1 aromatic carbocycles. The molecule has 16 heavy (non-hydrogen) atoms. The lowest BCUT2D eigenvalue weighted by Crippen LogP contribution is -2.03. The maximum atomic E-state index is 11.3. The minimum absolute atomic E-state index is 0.0360. The van der Waals surface area contributed by atoms with E-state index in [1.54, 1.807) is 0 Å². The Morgan fingerprint density at radius 3 is 1.56 bits per heavy atom. The number of benzene rings is 1. The second-order valence-corrected chi connectivity index (χ2v) is 7.79. The van der Waals surface area contributed by atoms with E-state index >= 15 is 0 Å². The van der Waals surface area contributed by atoms with Gasteiger partial charge in [-0.1, -0.05) is 0 Å². The Morgan fingerprint density at radius 1 is 0.938 bits per heavy atom. The van der Waals surface area contributed by atoms with Gasteiger partial charge in [-0.15, -0.1) is 11.6 Å². The molecule has 0 atom stereocenters. The summed E-state index contributed by atoms with van der Waals surface area (Å²) in [6, 6.07) is 3.88. The summed E-state index contributed by atoms with van der Waals surface area (Å²) in [5, 5.41) is 0. The second kappa shape index (κ2) is 4.35. The number of rotatable bonds is 3. The third-order valence-electron chi connectivity index (χ3n) is 1.95. The molecule has 4 nitrogen and oxygen atoms in total. The molecule has 0 aliphatic rings. The number of hydrogen-bond acceptors (Lipinski definition) is 4. The Hall–Kier alpha value is -0.590. The molecule has 0 N–H and O–H groups in total. The van der Waals surface area contributed by atoms with Crippen molar-refractivity contribution >= 4 is 31.3 Å². The predicted molar refractivity (Wildman–Crippen MR) is 62.2 cm³/mol. The Morgan fingerprint density at radius 2 is 1.31 bits per heavy atom. The summed E-state index contributed by atoms with van der Waals surface area (Å²) in [5.41, 5.74) is 0.463. The Bertz CT molecular complexity index is 552. The van der Waals surface area contributed by atoms with Gasteiger partial charge in [0.15, 0.2) is 19.7 Å². The van der Waals surface area contributed by atoms with Crippen LogP contribution in [0.4, 0.5) is 0 Å². The van der Waals surface area contributed by atoms with Crippen LogP contribution in [0, 0.1) is 0 Å². The van der Waals surface area contributed by atoms with Gasteiger partial charge < -0.3 is 0 Å². The number of hydrogen-bond donors (Lipinski definition) is 0. The van der Waals surface area contributed by atoms with Crippen LogP contribution < -0.4 is 0 Å². The van der Waals surface area contributed by atoms with Gasteiger partial charge in [-0.2, -0.15) is 0 Å². The van der Waals surface area contributed by atoms with Crippen molar-refractivity contribution in [3.05, 3.63) is 23.8 Å². The first-order valence-corrected chi connectivity index (χ1v) is 8.56. The first-order chi connectivity index (χ1) is 7.14. The molecule has 0 saturated carbocycles. The normalized spacial score (nSPS) is 12.7. The summed E-state index contributed by atoms with van der Waals surface area (Å²) < 4.78 is 45.4. The topological polar surface area (TPSA) is 68.3 Å². The van der Waals surface area contributed by atoms with Gasteiger partial charge in [0.2, 0.25) is 0 Å². The van der Waals surface area contributed by atoms with Crippen LogP contribution in [0.15, 0.2) is 28.0 Å². The molecule has 0 aliphatic carbocycles. The summed E-state index contributed by atoms with van der Waals surface area (Å²) in [4.78, 5) is -0.0721. The highest BCUT2D eigenvalue weighted by molar-refractivity contribution is 7.91. The highest BCUT2D eigenvalue weighted by Gasteiger charge is 2.15. The van der Waals surface area contributed by atoms with Gasteiger partial charge in [-0.3, -0.25) is 0 Å². The zero-order chi connectivity index (χ0) is 12.6. The lowest BCUT2D eigenvalue weighted by Gasteiger charge is -2.05. The molecule has 0 radical (unpaired) electrons. The molecule has 0 spiro atoms. The van der Waals surface area contributed by atoms with E-state index in [-0.39, 0.29) is 15.7 Å². The average Bonchev–Trinajstić information content (AvgIpc) is 2.14. The van der Waals surface area contributed by atoms with Crippen LogP contribution in [0.2, 0.25) is 0 Å². The average molecular weight is 283 g/mol. The van der Waals surface area contributed by atoms with Crippen LogP contribution in [-0.4, -0.2) is 29.3 Å². The third-order valence-corrected chi connectivity index (χ3v) is 4.44. The molecule has 90 valence electrons. The van der Waals surface area contributed by atoms with E-state index in [0.717, 1.165) is 18.6 Å². The van der Waals surface area contributed by atoms with E-state index in [1.165, 1.54) is 12.1 Å². The van der Waals surface area contributed by atoms with Gasteiger partial charge in [0.05, 0.1) is 9.79 Å². The molecule has 0 amide bonds. The summed E-state index contributed by atoms with van der Waals surface area (Å²) >= 11 is 5.58. The van der Waals surface area contributed by atoms with Crippen LogP contribution in [-0.2, 0) is 25.6 Å².